The zero-order valence-electron chi connectivity index (χ0n) is 12.5. The number of rotatable bonds is 2. The summed E-state index contributed by atoms with van der Waals surface area (Å²) >= 11 is 3.42. The van der Waals surface area contributed by atoms with E-state index in [1.165, 1.54) is 0 Å². The molecule has 1 aliphatic heterocycles. The monoisotopic (exact) mass is 369 g/mol. The molecule has 0 N–H and O–H groups in total. The van der Waals surface area contributed by atoms with Gasteiger partial charge >= 0.3 is 5.97 Å². The fourth-order valence-electron chi connectivity index (χ4n) is 2.28. The number of esters is 1. The summed E-state index contributed by atoms with van der Waals surface area (Å²) in [6.07, 6.45) is 1.64. The maximum absolute atomic E-state index is 12.1. The van der Waals surface area contributed by atoms with Crippen LogP contribution in [0, 0.1) is 18.3 Å². The lowest BCUT2D eigenvalue weighted by Crippen LogP contribution is -2.05. The Bertz CT molecular complexity index is 916. The Morgan fingerprint density at radius 1 is 1.39 bits per heavy atom. The van der Waals surface area contributed by atoms with E-state index in [1.807, 2.05) is 31.2 Å². The molecule has 0 amide bonds. The van der Waals surface area contributed by atoms with Gasteiger partial charge in [0.25, 0.3) is 0 Å². The van der Waals surface area contributed by atoms with Crippen molar-refractivity contribution < 1.29 is 9.53 Å². The van der Waals surface area contributed by atoms with Crippen molar-refractivity contribution in [3.05, 3.63) is 63.0 Å². The lowest BCUT2D eigenvalue weighted by atomic mass is 10.2. The summed E-state index contributed by atoms with van der Waals surface area (Å²) in [6, 6.07) is 11.2. The molecule has 2 heterocycles. The molecule has 2 aromatic rings. The first-order valence-corrected chi connectivity index (χ1v) is 7.64. The van der Waals surface area contributed by atoms with Gasteiger partial charge in [0.05, 0.1) is 5.56 Å². The molecule has 0 bridgehead atoms. The Kier molecular flexibility index (Phi) is 3.89. The number of aliphatic imine (C=N–C) groups is 1. The van der Waals surface area contributed by atoms with E-state index in [2.05, 4.69) is 27.0 Å². The van der Waals surface area contributed by atoms with Crippen LogP contribution in [0.1, 0.15) is 22.5 Å². The number of nitriles is 1. The second-order valence-electron chi connectivity index (χ2n) is 5.06. The first-order chi connectivity index (χ1) is 11.0. The molecule has 0 fully saturated rings. The highest BCUT2D eigenvalue weighted by molar-refractivity contribution is 9.10. The molecule has 6 heteroatoms. The van der Waals surface area contributed by atoms with Crippen LogP contribution in [0.2, 0.25) is 0 Å². The molecule has 0 saturated carbocycles. The molecule has 5 nitrogen and oxygen atoms in total. The molecule has 0 aliphatic carbocycles. The summed E-state index contributed by atoms with van der Waals surface area (Å²) in [6.45, 7) is 1.88. The Morgan fingerprint density at radius 2 is 2.13 bits per heavy atom. The van der Waals surface area contributed by atoms with Crippen LogP contribution in [0.4, 0.5) is 0 Å². The first-order valence-electron chi connectivity index (χ1n) is 6.85. The van der Waals surface area contributed by atoms with Gasteiger partial charge in [-0.25, -0.2) is 9.79 Å². The maximum atomic E-state index is 12.1. The third-order valence-corrected chi connectivity index (χ3v) is 4.40. The van der Waals surface area contributed by atoms with Gasteiger partial charge in [-0.3, -0.25) is 0 Å². The number of ether oxygens (including phenoxy) is 1. The Labute approximate surface area is 141 Å². The van der Waals surface area contributed by atoms with E-state index >= 15 is 0 Å². The summed E-state index contributed by atoms with van der Waals surface area (Å²) in [5, 5.41) is 9.07. The zero-order valence-corrected chi connectivity index (χ0v) is 14.1. The number of hydrogen-bond acceptors (Lipinski definition) is 4. The van der Waals surface area contributed by atoms with E-state index in [1.54, 1.807) is 23.8 Å². The van der Waals surface area contributed by atoms with Crippen LogP contribution in [0.25, 0.3) is 6.08 Å². The predicted octanol–water partition coefficient (Wildman–Crippen LogP) is 3.31. The lowest BCUT2D eigenvalue weighted by molar-refractivity contribution is -0.129. The van der Waals surface area contributed by atoms with Crippen molar-refractivity contribution in [1.82, 2.24) is 4.57 Å². The van der Waals surface area contributed by atoms with Gasteiger partial charge in [0.2, 0.25) is 5.90 Å². The number of hydrogen-bond donors (Lipinski definition) is 0. The highest BCUT2D eigenvalue weighted by Crippen LogP contribution is 2.25. The quantitative estimate of drug-likeness (QED) is 0.602. The molecule has 0 spiro atoms. The Hall–Kier alpha value is -2.65. The van der Waals surface area contributed by atoms with E-state index in [0.717, 1.165) is 15.7 Å². The number of benzene rings is 1. The second kappa shape index (κ2) is 5.86. The van der Waals surface area contributed by atoms with Crippen LogP contribution in [0.15, 0.2) is 45.5 Å². The van der Waals surface area contributed by atoms with Crippen LogP contribution in [-0.2, 0) is 16.6 Å². The number of halogens is 1. The molecule has 114 valence electrons. The van der Waals surface area contributed by atoms with Crippen molar-refractivity contribution in [2.75, 3.05) is 0 Å². The molecular formula is C17H12BrN3O2. The zero-order chi connectivity index (χ0) is 16.6. The summed E-state index contributed by atoms with van der Waals surface area (Å²) in [5.74, 6) is -0.236. The van der Waals surface area contributed by atoms with Gasteiger partial charge in [-0.05, 0) is 52.7 Å². The summed E-state index contributed by atoms with van der Waals surface area (Å²) in [7, 11) is 1.80. The van der Waals surface area contributed by atoms with E-state index in [4.69, 9.17) is 10.00 Å². The minimum Gasteiger partial charge on any atom is -0.402 e. The van der Waals surface area contributed by atoms with Crippen LogP contribution >= 0.6 is 15.9 Å². The van der Waals surface area contributed by atoms with E-state index in [0.29, 0.717) is 11.3 Å². The van der Waals surface area contributed by atoms with Gasteiger partial charge in [-0.2, -0.15) is 5.26 Å². The number of carbonyl (C=O) groups excluding carboxylic acids is 1. The third kappa shape index (κ3) is 2.71. The summed E-state index contributed by atoms with van der Waals surface area (Å²) in [4.78, 5) is 16.3. The molecule has 0 radical (unpaired) electrons. The molecule has 1 aliphatic rings. The molecule has 1 aromatic carbocycles. The second-order valence-corrected chi connectivity index (χ2v) is 5.91. The topological polar surface area (TPSA) is 67.4 Å². The predicted molar refractivity (Wildman–Crippen MR) is 89.6 cm³/mol. The molecule has 0 atom stereocenters. The van der Waals surface area contributed by atoms with Crippen molar-refractivity contribution in [2.45, 2.75) is 6.92 Å². The van der Waals surface area contributed by atoms with Crippen molar-refractivity contribution >= 4 is 33.9 Å². The number of cyclic esters (lactones) is 1. The highest BCUT2D eigenvalue weighted by atomic mass is 79.9. The van der Waals surface area contributed by atoms with Crippen LogP contribution in [-0.4, -0.2) is 16.4 Å². The molecule has 1 aromatic heterocycles. The fourth-order valence-corrected chi connectivity index (χ4v) is 2.74. The normalized spacial score (nSPS) is 15.5. The van der Waals surface area contributed by atoms with Crippen molar-refractivity contribution in [1.29, 1.82) is 5.26 Å². The van der Waals surface area contributed by atoms with Gasteiger partial charge in [0.15, 0.2) is 5.70 Å². The molecule has 3 rings (SSSR count). The van der Waals surface area contributed by atoms with Crippen molar-refractivity contribution in [3.8, 4) is 6.07 Å². The van der Waals surface area contributed by atoms with E-state index in [9.17, 15) is 4.79 Å². The first kappa shape index (κ1) is 15.3. The average molecular weight is 370 g/mol. The van der Waals surface area contributed by atoms with E-state index in [-0.39, 0.29) is 11.6 Å². The third-order valence-electron chi connectivity index (χ3n) is 3.71. The SMILES string of the molecule is Cc1c(/C=C2/N=C(c3ccccc3Br)OC2=O)cc(C#N)n1C. The molecule has 0 saturated heterocycles. The Morgan fingerprint density at radius 3 is 2.78 bits per heavy atom. The van der Waals surface area contributed by atoms with Crippen LogP contribution < -0.4 is 0 Å². The number of aromatic nitrogens is 1. The Balaban J connectivity index is 2.03. The highest BCUT2D eigenvalue weighted by Gasteiger charge is 2.25. The minimum atomic E-state index is -0.502. The lowest BCUT2D eigenvalue weighted by Gasteiger charge is -2.01. The van der Waals surface area contributed by atoms with Gasteiger partial charge in [-0.1, -0.05) is 12.1 Å². The van der Waals surface area contributed by atoms with Crippen molar-refractivity contribution in [3.63, 3.8) is 0 Å². The summed E-state index contributed by atoms with van der Waals surface area (Å²) in [5.41, 5.74) is 3.11. The largest absolute Gasteiger partial charge is 0.402 e. The smallest absolute Gasteiger partial charge is 0.363 e. The van der Waals surface area contributed by atoms with Gasteiger partial charge in [-0.15, -0.1) is 0 Å². The van der Waals surface area contributed by atoms with Crippen LogP contribution in [0.5, 0.6) is 0 Å². The molecular weight excluding hydrogens is 358 g/mol. The van der Waals surface area contributed by atoms with Gasteiger partial charge in [0.1, 0.15) is 11.8 Å². The van der Waals surface area contributed by atoms with Gasteiger partial charge < -0.3 is 9.30 Å². The van der Waals surface area contributed by atoms with Crippen molar-refractivity contribution in [2.24, 2.45) is 12.0 Å². The minimum absolute atomic E-state index is 0.217. The number of carbonyl (C=O) groups is 1. The van der Waals surface area contributed by atoms with Gasteiger partial charge in [0, 0.05) is 17.2 Å². The maximum Gasteiger partial charge on any atom is 0.363 e. The van der Waals surface area contributed by atoms with E-state index < -0.39 is 5.97 Å². The fraction of sp³-hybridized carbons (Fsp3) is 0.118. The molecule has 0 unspecified atom stereocenters. The summed E-state index contributed by atoms with van der Waals surface area (Å²) < 4.78 is 7.83. The average Bonchev–Trinajstić information content (AvgIpc) is 3.03. The van der Waals surface area contributed by atoms with Crippen LogP contribution in [0.3, 0.4) is 0 Å². The standard InChI is InChI=1S/C17H12BrN3O2/c1-10-11(7-12(9-19)21(10)2)8-15-17(22)23-16(20-15)13-5-3-4-6-14(13)18/h3-8H,1-2H3/b15-8+. The molecule has 23 heavy (non-hydrogen) atoms. The number of nitrogens with zero attached hydrogens (tertiary/aromatic N) is 3.